The Labute approximate surface area is 85.5 Å². The SMILES string of the molecule is NS(=O)(=O)c1cscc1COCCF. The highest BCUT2D eigenvalue weighted by atomic mass is 32.2. The average molecular weight is 239 g/mol. The molecule has 0 saturated heterocycles. The summed E-state index contributed by atoms with van der Waals surface area (Å²) in [5, 5.41) is 8.01. The van der Waals surface area contributed by atoms with Crippen LogP contribution in [-0.2, 0) is 21.4 Å². The van der Waals surface area contributed by atoms with E-state index in [-0.39, 0.29) is 18.1 Å². The van der Waals surface area contributed by atoms with Crippen LogP contribution < -0.4 is 5.14 Å². The highest BCUT2D eigenvalue weighted by molar-refractivity contribution is 7.89. The largest absolute Gasteiger partial charge is 0.374 e. The number of hydrogen-bond acceptors (Lipinski definition) is 4. The molecule has 1 rings (SSSR count). The van der Waals surface area contributed by atoms with Gasteiger partial charge in [-0.05, 0) is 5.38 Å². The van der Waals surface area contributed by atoms with Gasteiger partial charge in [0.1, 0.15) is 6.67 Å². The molecule has 0 radical (unpaired) electrons. The van der Waals surface area contributed by atoms with Crippen molar-refractivity contribution in [1.29, 1.82) is 0 Å². The second kappa shape index (κ2) is 4.83. The fraction of sp³-hybridized carbons (Fsp3) is 0.429. The summed E-state index contributed by atoms with van der Waals surface area (Å²) in [6.45, 7) is -0.562. The van der Waals surface area contributed by atoms with Crippen molar-refractivity contribution in [1.82, 2.24) is 0 Å². The summed E-state index contributed by atoms with van der Waals surface area (Å²) in [5.74, 6) is 0. The van der Waals surface area contributed by atoms with E-state index in [0.29, 0.717) is 5.56 Å². The van der Waals surface area contributed by atoms with Crippen molar-refractivity contribution >= 4 is 21.4 Å². The van der Waals surface area contributed by atoms with Crippen LogP contribution in [0.15, 0.2) is 15.7 Å². The van der Waals surface area contributed by atoms with E-state index in [1.165, 1.54) is 16.7 Å². The number of ether oxygens (including phenoxy) is 1. The quantitative estimate of drug-likeness (QED) is 0.775. The summed E-state index contributed by atoms with van der Waals surface area (Å²) >= 11 is 1.22. The summed E-state index contributed by atoms with van der Waals surface area (Å²) in [4.78, 5) is 0.0568. The first-order chi connectivity index (χ1) is 6.55. The zero-order chi connectivity index (χ0) is 10.6. The van der Waals surface area contributed by atoms with Crippen LogP contribution in [0, 0.1) is 0 Å². The molecule has 0 aliphatic carbocycles. The van der Waals surface area contributed by atoms with Gasteiger partial charge >= 0.3 is 0 Å². The third kappa shape index (κ3) is 3.02. The van der Waals surface area contributed by atoms with Gasteiger partial charge in [0.15, 0.2) is 0 Å². The minimum Gasteiger partial charge on any atom is -0.374 e. The Morgan fingerprint density at radius 3 is 2.79 bits per heavy atom. The van der Waals surface area contributed by atoms with Crippen LogP contribution in [0.2, 0.25) is 0 Å². The van der Waals surface area contributed by atoms with Crippen molar-refractivity contribution in [3.05, 3.63) is 16.3 Å². The zero-order valence-corrected chi connectivity index (χ0v) is 8.91. The van der Waals surface area contributed by atoms with E-state index in [0.717, 1.165) is 0 Å². The Morgan fingerprint density at radius 2 is 2.21 bits per heavy atom. The van der Waals surface area contributed by atoms with E-state index in [4.69, 9.17) is 9.88 Å². The molecule has 1 aromatic heterocycles. The van der Waals surface area contributed by atoms with Crippen molar-refractivity contribution in [2.45, 2.75) is 11.5 Å². The number of halogens is 1. The Balaban J connectivity index is 2.74. The fourth-order valence-electron chi connectivity index (χ4n) is 0.903. The van der Waals surface area contributed by atoms with Crippen LogP contribution >= 0.6 is 11.3 Å². The first-order valence-corrected chi connectivity index (χ1v) is 6.26. The molecule has 0 bridgehead atoms. The molecule has 0 amide bonds. The number of thiophene rings is 1. The number of nitrogens with two attached hydrogens (primary N) is 1. The van der Waals surface area contributed by atoms with Gasteiger partial charge in [-0.2, -0.15) is 11.3 Å². The van der Waals surface area contributed by atoms with Gasteiger partial charge in [0.05, 0.1) is 18.1 Å². The monoisotopic (exact) mass is 239 g/mol. The Bertz CT molecular complexity index is 387. The number of hydrogen-bond donors (Lipinski definition) is 1. The minimum absolute atomic E-state index is 0.0418. The summed E-state index contributed by atoms with van der Waals surface area (Å²) in [7, 11) is -3.69. The van der Waals surface area contributed by atoms with Crippen LogP contribution in [0.4, 0.5) is 4.39 Å². The third-order valence-electron chi connectivity index (χ3n) is 1.49. The predicted molar refractivity (Wildman–Crippen MR) is 51.3 cm³/mol. The van der Waals surface area contributed by atoms with Crippen LogP contribution in [0.5, 0.6) is 0 Å². The molecule has 0 atom stereocenters. The van der Waals surface area contributed by atoms with Crippen LogP contribution in [0.25, 0.3) is 0 Å². The van der Waals surface area contributed by atoms with E-state index in [1.54, 1.807) is 5.38 Å². The molecular formula is C7H10FNO3S2. The minimum atomic E-state index is -3.69. The van der Waals surface area contributed by atoms with Crippen LogP contribution in [-0.4, -0.2) is 21.7 Å². The van der Waals surface area contributed by atoms with Gasteiger partial charge in [0, 0.05) is 10.9 Å². The summed E-state index contributed by atoms with van der Waals surface area (Å²) in [6, 6.07) is 0. The first-order valence-electron chi connectivity index (χ1n) is 3.77. The molecule has 0 fully saturated rings. The smallest absolute Gasteiger partial charge is 0.239 e. The van der Waals surface area contributed by atoms with Gasteiger partial charge in [-0.3, -0.25) is 0 Å². The molecule has 0 spiro atoms. The van der Waals surface area contributed by atoms with Gasteiger partial charge in [0.25, 0.3) is 0 Å². The maximum Gasteiger partial charge on any atom is 0.239 e. The Hall–Kier alpha value is -0.500. The van der Waals surface area contributed by atoms with Crippen molar-refractivity contribution in [3.8, 4) is 0 Å². The van der Waals surface area contributed by atoms with E-state index in [2.05, 4.69) is 0 Å². The molecule has 0 unspecified atom stereocenters. The molecule has 80 valence electrons. The van der Waals surface area contributed by atoms with Crippen molar-refractivity contribution in [3.63, 3.8) is 0 Å². The van der Waals surface area contributed by atoms with Gasteiger partial charge < -0.3 is 4.74 Å². The highest BCUT2D eigenvalue weighted by Crippen LogP contribution is 2.19. The lowest BCUT2D eigenvalue weighted by Crippen LogP contribution is -2.13. The van der Waals surface area contributed by atoms with Gasteiger partial charge in [-0.15, -0.1) is 0 Å². The van der Waals surface area contributed by atoms with E-state index in [1.807, 2.05) is 0 Å². The molecule has 14 heavy (non-hydrogen) atoms. The van der Waals surface area contributed by atoms with Gasteiger partial charge in [-0.1, -0.05) is 0 Å². The molecule has 4 nitrogen and oxygen atoms in total. The zero-order valence-electron chi connectivity index (χ0n) is 7.27. The van der Waals surface area contributed by atoms with Crippen molar-refractivity contribution in [2.75, 3.05) is 13.3 Å². The second-order valence-corrected chi connectivity index (χ2v) is 4.82. The summed E-state index contributed by atoms with van der Waals surface area (Å²) in [5.41, 5.74) is 0.478. The summed E-state index contributed by atoms with van der Waals surface area (Å²) < 4.78 is 38.6. The van der Waals surface area contributed by atoms with Crippen molar-refractivity contribution in [2.24, 2.45) is 5.14 Å². The van der Waals surface area contributed by atoms with Crippen LogP contribution in [0.1, 0.15) is 5.56 Å². The first kappa shape index (κ1) is 11.6. The number of rotatable bonds is 5. The molecule has 0 aromatic carbocycles. The van der Waals surface area contributed by atoms with Crippen molar-refractivity contribution < 1.29 is 17.5 Å². The Morgan fingerprint density at radius 1 is 1.50 bits per heavy atom. The van der Waals surface area contributed by atoms with Gasteiger partial charge in [0.2, 0.25) is 10.0 Å². The molecule has 1 heterocycles. The number of alkyl halides is 1. The number of primary sulfonamides is 1. The summed E-state index contributed by atoms with van der Waals surface area (Å²) in [6.07, 6.45) is 0. The molecule has 0 aliphatic rings. The molecule has 7 heteroatoms. The fourth-order valence-corrected chi connectivity index (χ4v) is 2.87. The van der Waals surface area contributed by atoms with E-state index in [9.17, 15) is 12.8 Å². The molecule has 0 aliphatic heterocycles. The van der Waals surface area contributed by atoms with E-state index < -0.39 is 16.7 Å². The highest BCUT2D eigenvalue weighted by Gasteiger charge is 2.14. The van der Waals surface area contributed by atoms with Crippen LogP contribution in [0.3, 0.4) is 0 Å². The van der Waals surface area contributed by atoms with E-state index >= 15 is 0 Å². The third-order valence-corrected chi connectivity index (χ3v) is 3.42. The second-order valence-electron chi connectivity index (χ2n) is 2.55. The normalized spacial score (nSPS) is 11.9. The topological polar surface area (TPSA) is 69.4 Å². The maximum absolute atomic E-state index is 11.7. The standard InChI is InChI=1S/C7H10FNO3S2/c8-1-2-12-3-6-4-13-5-7(6)14(9,10)11/h4-5H,1-3H2,(H2,9,10,11). The lowest BCUT2D eigenvalue weighted by atomic mass is 10.4. The lowest BCUT2D eigenvalue weighted by molar-refractivity contribution is 0.105. The van der Waals surface area contributed by atoms with Gasteiger partial charge in [-0.25, -0.2) is 17.9 Å². The average Bonchev–Trinajstić information content (AvgIpc) is 2.52. The molecular weight excluding hydrogens is 229 g/mol. The molecule has 1 aromatic rings. The lowest BCUT2D eigenvalue weighted by Gasteiger charge is -2.01. The predicted octanol–water partition coefficient (Wildman–Crippen LogP) is 0.882. The number of sulfonamides is 1. The molecule has 2 N–H and O–H groups in total. The Kier molecular flexibility index (Phi) is 3.99. The molecule has 0 saturated carbocycles. The maximum atomic E-state index is 11.7.